The molecule has 90 valence electrons. The second-order valence-electron chi connectivity index (χ2n) is 3.64. The first-order chi connectivity index (χ1) is 8.31. The van der Waals surface area contributed by atoms with E-state index in [1.54, 1.807) is 12.5 Å². The summed E-state index contributed by atoms with van der Waals surface area (Å²) in [4.78, 5) is 23.3. The van der Waals surface area contributed by atoms with Gasteiger partial charge < -0.3 is 9.30 Å². The fourth-order valence-corrected chi connectivity index (χ4v) is 1.51. The van der Waals surface area contributed by atoms with Crippen LogP contribution in [0.15, 0.2) is 18.9 Å². The fraction of sp³-hybridized carbons (Fsp3) is 0.455. The first-order valence-corrected chi connectivity index (χ1v) is 5.57. The molecule has 2 rings (SSSR count). The third-order valence-electron chi connectivity index (χ3n) is 2.33. The Morgan fingerprint density at radius 2 is 2.35 bits per heavy atom. The maximum absolute atomic E-state index is 11.2. The molecule has 0 aliphatic carbocycles. The molecule has 0 spiro atoms. The Morgan fingerprint density at radius 3 is 3.18 bits per heavy atom. The molecule has 0 bridgehead atoms. The number of esters is 1. The lowest BCUT2D eigenvalue weighted by atomic mass is 10.3. The van der Waals surface area contributed by atoms with Gasteiger partial charge in [0.1, 0.15) is 18.5 Å². The van der Waals surface area contributed by atoms with Crippen LogP contribution >= 0.6 is 0 Å². The van der Waals surface area contributed by atoms with E-state index in [4.69, 9.17) is 4.74 Å². The van der Waals surface area contributed by atoms with E-state index < -0.39 is 0 Å². The van der Waals surface area contributed by atoms with Crippen LogP contribution in [0.1, 0.15) is 19.8 Å². The largest absolute Gasteiger partial charge is 0.464 e. The number of ether oxygens (including phenoxy) is 1. The van der Waals surface area contributed by atoms with Crippen molar-refractivity contribution in [2.24, 2.45) is 0 Å². The molecule has 2 aromatic heterocycles. The predicted octanol–water partition coefficient (Wildman–Crippen LogP) is 1.17. The van der Waals surface area contributed by atoms with Gasteiger partial charge in [0.25, 0.3) is 0 Å². The summed E-state index contributed by atoms with van der Waals surface area (Å²) in [6.45, 7) is 2.85. The van der Waals surface area contributed by atoms with Crippen LogP contribution in [0, 0.1) is 0 Å². The van der Waals surface area contributed by atoms with Crippen molar-refractivity contribution in [3.63, 3.8) is 0 Å². The molecule has 0 saturated carbocycles. The van der Waals surface area contributed by atoms with E-state index in [1.807, 2.05) is 11.5 Å². The lowest BCUT2D eigenvalue weighted by Gasteiger charge is -2.05. The summed E-state index contributed by atoms with van der Waals surface area (Å²) >= 11 is 0. The molecule has 0 amide bonds. The van der Waals surface area contributed by atoms with Crippen LogP contribution in [0.3, 0.4) is 0 Å². The second kappa shape index (κ2) is 5.38. The summed E-state index contributed by atoms with van der Waals surface area (Å²) in [5.41, 5.74) is 1.50. The molecule has 0 fully saturated rings. The molecule has 0 aliphatic rings. The van der Waals surface area contributed by atoms with Gasteiger partial charge in [0.2, 0.25) is 0 Å². The minimum Gasteiger partial charge on any atom is -0.464 e. The van der Waals surface area contributed by atoms with Gasteiger partial charge in [-0.3, -0.25) is 4.79 Å². The molecular formula is C11H14N4O2. The molecule has 0 aromatic carbocycles. The van der Waals surface area contributed by atoms with E-state index in [2.05, 4.69) is 15.0 Å². The zero-order chi connectivity index (χ0) is 12.1. The van der Waals surface area contributed by atoms with Crippen molar-refractivity contribution >= 4 is 17.1 Å². The van der Waals surface area contributed by atoms with Crippen molar-refractivity contribution in [1.29, 1.82) is 0 Å². The first-order valence-electron chi connectivity index (χ1n) is 5.57. The summed E-state index contributed by atoms with van der Waals surface area (Å²) in [7, 11) is 0. The highest BCUT2D eigenvalue weighted by Crippen LogP contribution is 2.06. The number of carbonyl (C=O) groups is 1. The topological polar surface area (TPSA) is 69.9 Å². The highest BCUT2D eigenvalue weighted by Gasteiger charge is 2.04. The zero-order valence-electron chi connectivity index (χ0n) is 9.67. The van der Waals surface area contributed by atoms with Gasteiger partial charge in [-0.1, -0.05) is 6.92 Å². The van der Waals surface area contributed by atoms with Crippen molar-refractivity contribution in [1.82, 2.24) is 19.5 Å². The molecule has 0 atom stereocenters. The quantitative estimate of drug-likeness (QED) is 0.726. The molecule has 0 radical (unpaired) electrons. The van der Waals surface area contributed by atoms with Gasteiger partial charge in [0.15, 0.2) is 5.65 Å². The van der Waals surface area contributed by atoms with Crippen molar-refractivity contribution < 1.29 is 9.53 Å². The average Bonchev–Trinajstić information content (AvgIpc) is 2.73. The zero-order valence-corrected chi connectivity index (χ0v) is 9.67. The Kier molecular flexibility index (Phi) is 3.64. The molecular weight excluding hydrogens is 220 g/mol. The van der Waals surface area contributed by atoms with Crippen molar-refractivity contribution in [3.05, 3.63) is 18.9 Å². The Labute approximate surface area is 98.7 Å². The van der Waals surface area contributed by atoms with Crippen LogP contribution in [0.2, 0.25) is 0 Å². The Hall–Kier alpha value is -1.98. The Balaban J connectivity index is 1.93. The van der Waals surface area contributed by atoms with Gasteiger partial charge in [-0.2, -0.15) is 0 Å². The standard InChI is InChI=1S/C11H14N4O2/c1-2-3-10(16)17-5-4-15-8-14-9-6-12-7-13-11(9)15/h6-8H,2-5H2,1H3. The average molecular weight is 234 g/mol. The Morgan fingerprint density at radius 1 is 1.47 bits per heavy atom. The number of fused-ring (bicyclic) bond motifs is 1. The molecule has 0 N–H and O–H groups in total. The van der Waals surface area contributed by atoms with E-state index in [0.717, 1.165) is 17.6 Å². The number of hydrogen-bond donors (Lipinski definition) is 0. The lowest BCUT2D eigenvalue weighted by molar-refractivity contribution is -0.143. The number of carbonyl (C=O) groups excluding carboxylic acids is 1. The SMILES string of the molecule is CCCC(=O)OCCn1cnc2cncnc21. The summed E-state index contributed by atoms with van der Waals surface area (Å²) in [5, 5.41) is 0. The molecule has 2 heterocycles. The summed E-state index contributed by atoms with van der Waals surface area (Å²) in [6, 6.07) is 0. The number of imidazole rings is 1. The summed E-state index contributed by atoms with van der Waals surface area (Å²) < 4.78 is 6.92. The van der Waals surface area contributed by atoms with Gasteiger partial charge in [-0.25, -0.2) is 15.0 Å². The minimum atomic E-state index is -0.161. The van der Waals surface area contributed by atoms with E-state index in [0.29, 0.717) is 19.6 Å². The first kappa shape index (κ1) is 11.5. The van der Waals surface area contributed by atoms with Crippen LogP contribution < -0.4 is 0 Å². The van der Waals surface area contributed by atoms with Crippen molar-refractivity contribution in [2.45, 2.75) is 26.3 Å². The van der Waals surface area contributed by atoms with Gasteiger partial charge in [-0.15, -0.1) is 0 Å². The van der Waals surface area contributed by atoms with Crippen LogP contribution in [0.4, 0.5) is 0 Å². The molecule has 0 aliphatic heterocycles. The predicted molar refractivity (Wildman–Crippen MR) is 61.2 cm³/mol. The van der Waals surface area contributed by atoms with E-state index in [1.165, 1.54) is 6.33 Å². The van der Waals surface area contributed by atoms with E-state index in [9.17, 15) is 4.79 Å². The Bertz CT molecular complexity index is 509. The van der Waals surface area contributed by atoms with Crippen molar-refractivity contribution in [3.8, 4) is 0 Å². The number of rotatable bonds is 5. The minimum absolute atomic E-state index is 0.161. The highest BCUT2D eigenvalue weighted by atomic mass is 16.5. The van der Waals surface area contributed by atoms with Gasteiger partial charge in [0, 0.05) is 6.42 Å². The van der Waals surface area contributed by atoms with E-state index in [-0.39, 0.29) is 5.97 Å². The van der Waals surface area contributed by atoms with Crippen LogP contribution in [-0.4, -0.2) is 32.1 Å². The fourth-order valence-electron chi connectivity index (χ4n) is 1.51. The monoisotopic (exact) mass is 234 g/mol. The molecule has 0 unspecified atom stereocenters. The summed E-state index contributed by atoms with van der Waals surface area (Å²) in [5.74, 6) is -0.161. The maximum Gasteiger partial charge on any atom is 0.305 e. The third-order valence-corrected chi connectivity index (χ3v) is 2.33. The van der Waals surface area contributed by atoms with Crippen LogP contribution in [0.25, 0.3) is 11.2 Å². The summed E-state index contributed by atoms with van der Waals surface area (Å²) in [6.07, 6.45) is 6.07. The van der Waals surface area contributed by atoms with Gasteiger partial charge in [0.05, 0.1) is 19.1 Å². The molecule has 2 aromatic rings. The van der Waals surface area contributed by atoms with Crippen LogP contribution in [-0.2, 0) is 16.1 Å². The number of hydrogen-bond acceptors (Lipinski definition) is 5. The third kappa shape index (κ3) is 2.77. The van der Waals surface area contributed by atoms with Gasteiger partial charge >= 0.3 is 5.97 Å². The van der Waals surface area contributed by atoms with Crippen LogP contribution in [0.5, 0.6) is 0 Å². The number of nitrogens with zero attached hydrogens (tertiary/aromatic N) is 4. The normalized spacial score (nSPS) is 10.6. The molecule has 6 heteroatoms. The van der Waals surface area contributed by atoms with E-state index >= 15 is 0 Å². The molecule has 17 heavy (non-hydrogen) atoms. The number of aromatic nitrogens is 4. The van der Waals surface area contributed by atoms with Gasteiger partial charge in [-0.05, 0) is 6.42 Å². The second-order valence-corrected chi connectivity index (χ2v) is 3.64. The smallest absolute Gasteiger partial charge is 0.305 e. The lowest BCUT2D eigenvalue weighted by Crippen LogP contribution is -2.10. The highest BCUT2D eigenvalue weighted by molar-refractivity contribution is 5.69. The molecule has 6 nitrogen and oxygen atoms in total. The maximum atomic E-state index is 11.2. The van der Waals surface area contributed by atoms with Crippen molar-refractivity contribution in [2.75, 3.05) is 6.61 Å². The molecule has 0 saturated heterocycles.